The molecule has 0 spiro atoms. The largest absolute Gasteiger partial charge is 0.454 e. The van der Waals surface area contributed by atoms with Crippen molar-refractivity contribution in [2.45, 2.75) is 50.6 Å². The van der Waals surface area contributed by atoms with Crippen molar-refractivity contribution in [1.29, 1.82) is 0 Å². The fourth-order valence-corrected chi connectivity index (χ4v) is 5.88. The normalized spacial score (nSPS) is 21.4. The summed E-state index contributed by atoms with van der Waals surface area (Å²) in [7, 11) is 0. The van der Waals surface area contributed by atoms with Crippen LogP contribution in [-0.4, -0.2) is 65.7 Å². The minimum Gasteiger partial charge on any atom is -0.454 e. The molecule has 3 fully saturated rings. The first-order valence-electron chi connectivity index (χ1n) is 13.4. The van der Waals surface area contributed by atoms with E-state index < -0.39 is 0 Å². The number of nitrogens with one attached hydrogen (secondary N) is 1. The summed E-state index contributed by atoms with van der Waals surface area (Å²) in [4.78, 5) is 23.7. The Balaban J connectivity index is 1.26. The van der Waals surface area contributed by atoms with Crippen LogP contribution in [0.3, 0.4) is 0 Å². The summed E-state index contributed by atoms with van der Waals surface area (Å²) in [6, 6.07) is 15.0. The molecule has 4 aliphatic rings. The molecule has 1 atom stereocenters. The smallest absolute Gasteiger partial charge is 0.254 e. The van der Waals surface area contributed by atoms with Crippen molar-refractivity contribution in [3.63, 3.8) is 0 Å². The van der Waals surface area contributed by atoms with Crippen molar-refractivity contribution >= 4 is 22.6 Å². The Morgan fingerprint density at radius 2 is 1.72 bits per heavy atom. The van der Waals surface area contributed by atoms with Gasteiger partial charge in [0.15, 0.2) is 11.5 Å². The molecule has 0 radical (unpaired) electrons. The van der Waals surface area contributed by atoms with Gasteiger partial charge < -0.3 is 24.6 Å². The first-order valence-corrected chi connectivity index (χ1v) is 13.4. The van der Waals surface area contributed by atoms with Crippen LogP contribution in [0.4, 0.5) is 5.82 Å². The highest BCUT2D eigenvalue weighted by Crippen LogP contribution is 2.37. The molecule has 1 N–H and O–H groups in total. The second-order valence-corrected chi connectivity index (χ2v) is 10.6. The van der Waals surface area contributed by atoms with E-state index in [9.17, 15) is 4.79 Å². The van der Waals surface area contributed by atoms with E-state index in [0.29, 0.717) is 6.04 Å². The molecule has 0 bridgehead atoms. The number of hydrogen-bond donors (Lipinski definition) is 1. The van der Waals surface area contributed by atoms with Crippen LogP contribution in [0.1, 0.15) is 48.9 Å². The molecule has 1 amide bonds. The number of hydrogen-bond acceptors (Lipinski definition) is 6. The Kier molecular flexibility index (Phi) is 5.46. The number of pyridine rings is 1. The predicted molar refractivity (Wildman–Crippen MR) is 140 cm³/mol. The first kappa shape index (κ1) is 21.9. The van der Waals surface area contributed by atoms with Gasteiger partial charge in [-0.05, 0) is 93.1 Å². The zero-order valence-electron chi connectivity index (χ0n) is 20.5. The van der Waals surface area contributed by atoms with Gasteiger partial charge in [-0.2, -0.15) is 0 Å². The Bertz CT molecular complexity index is 1320. The summed E-state index contributed by atoms with van der Waals surface area (Å²) in [5.74, 6) is 2.46. The fourth-order valence-electron chi connectivity index (χ4n) is 5.88. The summed E-state index contributed by atoms with van der Waals surface area (Å²) in [6.45, 7) is 4.39. The number of carbonyl (C=O) groups is 1. The number of anilines is 1. The predicted octanol–water partition coefficient (Wildman–Crippen LogP) is 4.91. The topological polar surface area (TPSA) is 66.9 Å². The van der Waals surface area contributed by atoms with E-state index in [1.807, 2.05) is 30.3 Å². The van der Waals surface area contributed by atoms with Crippen molar-refractivity contribution in [1.82, 2.24) is 14.8 Å². The van der Waals surface area contributed by atoms with Crippen molar-refractivity contribution < 1.29 is 14.3 Å². The lowest BCUT2D eigenvalue weighted by Gasteiger charge is -2.29. The highest BCUT2D eigenvalue weighted by molar-refractivity contribution is 6.08. The van der Waals surface area contributed by atoms with E-state index in [1.165, 1.54) is 12.8 Å². The number of carbonyl (C=O) groups excluding carboxylic acids is 1. The van der Waals surface area contributed by atoms with Crippen LogP contribution in [0, 0.1) is 0 Å². The van der Waals surface area contributed by atoms with E-state index in [4.69, 9.17) is 14.5 Å². The van der Waals surface area contributed by atoms with Crippen LogP contribution in [-0.2, 0) is 0 Å². The van der Waals surface area contributed by atoms with Crippen LogP contribution in [0.5, 0.6) is 11.5 Å². The Morgan fingerprint density at radius 1 is 0.917 bits per heavy atom. The monoisotopic (exact) mass is 484 g/mol. The lowest BCUT2D eigenvalue weighted by Crippen LogP contribution is -2.42. The van der Waals surface area contributed by atoms with Gasteiger partial charge in [0.25, 0.3) is 5.91 Å². The van der Waals surface area contributed by atoms with E-state index in [2.05, 4.69) is 27.2 Å². The van der Waals surface area contributed by atoms with Gasteiger partial charge >= 0.3 is 0 Å². The zero-order chi connectivity index (χ0) is 24.1. The molecule has 3 aromatic rings. The van der Waals surface area contributed by atoms with Crippen molar-refractivity contribution in [2.24, 2.45) is 0 Å². The van der Waals surface area contributed by atoms with Gasteiger partial charge in [0.05, 0.1) is 11.1 Å². The van der Waals surface area contributed by atoms with Gasteiger partial charge in [0.2, 0.25) is 6.79 Å². The number of aromatic nitrogens is 1. The summed E-state index contributed by atoms with van der Waals surface area (Å²) in [5.41, 5.74) is 3.67. The Labute approximate surface area is 211 Å². The lowest BCUT2D eigenvalue weighted by molar-refractivity contribution is 0.0710. The van der Waals surface area contributed by atoms with Gasteiger partial charge in [-0.15, -0.1) is 0 Å². The van der Waals surface area contributed by atoms with Crippen LogP contribution in [0.2, 0.25) is 0 Å². The van der Waals surface area contributed by atoms with Crippen LogP contribution in [0.25, 0.3) is 22.0 Å². The third-order valence-electron chi connectivity index (χ3n) is 7.98. The first-order chi connectivity index (χ1) is 17.7. The molecule has 186 valence electrons. The molecule has 1 saturated carbocycles. The average Bonchev–Trinajstić information content (AvgIpc) is 3.29. The van der Waals surface area contributed by atoms with Gasteiger partial charge in [-0.1, -0.05) is 12.1 Å². The second-order valence-electron chi connectivity index (χ2n) is 10.6. The minimum absolute atomic E-state index is 0.130. The molecule has 36 heavy (non-hydrogen) atoms. The maximum Gasteiger partial charge on any atom is 0.254 e. The summed E-state index contributed by atoms with van der Waals surface area (Å²) in [5, 5.41) is 4.42. The number of likely N-dealkylation sites (tertiary alicyclic amines) is 2. The Hall–Kier alpha value is -3.32. The van der Waals surface area contributed by atoms with Crippen molar-refractivity contribution in [2.75, 3.05) is 38.3 Å². The molecular formula is C29H32N4O3. The van der Waals surface area contributed by atoms with Gasteiger partial charge in [0.1, 0.15) is 5.82 Å². The third kappa shape index (κ3) is 4.15. The molecule has 7 heteroatoms. The third-order valence-corrected chi connectivity index (χ3v) is 7.98. The van der Waals surface area contributed by atoms with E-state index in [1.54, 1.807) is 0 Å². The molecule has 2 saturated heterocycles. The summed E-state index contributed by atoms with van der Waals surface area (Å²) in [6.07, 6.45) is 7.03. The molecular weight excluding hydrogens is 452 g/mol. The second kappa shape index (κ2) is 8.96. The van der Waals surface area contributed by atoms with Crippen LogP contribution < -0.4 is 14.8 Å². The van der Waals surface area contributed by atoms with Crippen molar-refractivity contribution in [3.8, 4) is 22.6 Å². The number of amides is 1. The molecule has 2 aromatic carbocycles. The average molecular weight is 485 g/mol. The fraction of sp³-hybridized carbons (Fsp3) is 0.448. The molecule has 1 aliphatic carbocycles. The molecule has 1 unspecified atom stereocenters. The van der Waals surface area contributed by atoms with E-state index in [0.717, 1.165) is 96.8 Å². The maximum atomic E-state index is 14.1. The number of fused-ring (bicyclic) bond motifs is 2. The molecule has 3 aliphatic heterocycles. The summed E-state index contributed by atoms with van der Waals surface area (Å²) >= 11 is 0. The van der Waals surface area contributed by atoms with Crippen LogP contribution >= 0.6 is 0 Å². The minimum atomic E-state index is 0.130. The SMILES string of the molecule is O=C(c1cc(NC2CC2)nc2ccc(-c3ccc4c(c3)OCO4)cc12)N1CCCC1CN1CCCC1. The number of nitrogens with zero attached hydrogens (tertiary/aromatic N) is 3. The number of benzene rings is 2. The quantitative estimate of drug-likeness (QED) is 0.537. The van der Waals surface area contributed by atoms with Crippen molar-refractivity contribution in [3.05, 3.63) is 48.0 Å². The standard InChI is InChI=1S/C29H32N4O3/c34-29(33-13-3-4-22(33)17-32-11-1-2-12-32)24-16-28(30-21-7-8-21)31-25-9-5-19(14-23(24)25)20-6-10-26-27(15-20)36-18-35-26/h5-6,9-10,14-16,21-22H,1-4,7-8,11-13,17-18H2,(H,30,31). The molecule has 1 aromatic heterocycles. The highest BCUT2D eigenvalue weighted by atomic mass is 16.7. The Morgan fingerprint density at radius 3 is 2.58 bits per heavy atom. The van der Waals surface area contributed by atoms with Gasteiger partial charge in [-0.3, -0.25) is 4.79 Å². The van der Waals surface area contributed by atoms with Gasteiger partial charge in [-0.25, -0.2) is 4.98 Å². The van der Waals surface area contributed by atoms with E-state index >= 15 is 0 Å². The number of rotatable bonds is 6. The summed E-state index contributed by atoms with van der Waals surface area (Å²) < 4.78 is 11.1. The maximum absolute atomic E-state index is 14.1. The number of ether oxygens (including phenoxy) is 2. The van der Waals surface area contributed by atoms with Gasteiger partial charge in [0, 0.05) is 30.6 Å². The van der Waals surface area contributed by atoms with E-state index in [-0.39, 0.29) is 18.7 Å². The zero-order valence-corrected chi connectivity index (χ0v) is 20.5. The van der Waals surface area contributed by atoms with Crippen LogP contribution in [0.15, 0.2) is 42.5 Å². The molecule has 7 nitrogen and oxygen atoms in total. The highest BCUT2D eigenvalue weighted by Gasteiger charge is 2.33. The molecule has 4 heterocycles. The lowest BCUT2D eigenvalue weighted by atomic mass is 9.99. The molecule has 7 rings (SSSR count).